The van der Waals surface area contributed by atoms with Crippen LogP contribution in [-0.2, 0) is 12.8 Å². The largest absolute Gasteiger partial charge is 0.493 e. The summed E-state index contributed by atoms with van der Waals surface area (Å²) in [7, 11) is 0. The van der Waals surface area contributed by atoms with Crippen LogP contribution in [0.3, 0.4) is 0 Å². The Morgan fingerprint density at radius 3 is 2.92 bits per heavy atom. The van der Waals surface area contributed by atoms with Crippen molar-refractivity contribution >= 4 is 22.2 Å². The lowest BCUT2D eigenvalue weighted by atomic mass is 9.96. The number of nitriles is 1. The van der Waals surface area contributed by atoms with E-state index in [9.17, 15) is 10.1 Å². The maximum Gasteiger partial charge on any atom is 0.256 e. The number of anilines is 1. The van der Waals surface area contributed by atoms with Crippen LogP contribution in [0.5, 0.6) is 5.75 Å². The number of hydrogen-bond donors (Lipinski definition) is 1. The highest BCUT2D eigenvalue weighted by Gasteiger charge is 2.22. The van der Waals surface area contributed by atoms with E-state index in [1.807, 2.05) is 12.1 Å². The van der Waals surface area contributed by atoms with E-state index in [-0.39, 0.29) is 5.91 Å². The molecule has 1 N–H and O–H groups in total. The van der Waals surface area contributed by atoms with Gasteiger partial charge in [-0.05, 0) is 55.4 Å². The Kier molecular flexibility index (Phi) is 5.40. The van der Waals surface area contributed by atoms with E-state index in [0.717, 1.165) is 31.2 Å². The highest BCUT2D eigenvalue weighted by atomic mass is 32.1. The summed E-state index contributed by atoms with van der Waals surface area (Å²) in [4.78, 5) is 13.9. The fourth-order valence-electron chi connectivity index (χ4n) is 2.94. The number of carbonyl (C=O) groups is 1. The van der Waals surface area contributed by atoms with Crippen LogP contribution < -0.4 is 10.1 Å². The van der Waals surface area contributed by atoms with Gasteiger partial charge in [0.15, 0.2) is 0 Å². The standard InChI is InChI=1S/C20H22N2O2S/c1-13(2)12-24-15-7-5-6-14(10-15)19(23)22-20-17(11-21)16-8-3-4-9-18(16)25-20/h5-7,10,13H,3-4,8-9,12H2,1-2H3,(H,22,23). The third kappa shape index (κ3) is 4.02. The van der Waals surface area contributed by atoms with E-state index in [2.05, 4.69) is 25.2 Å². The minimum Gasteiger partial charge on any atom is -0.493 e. The van der Waals surface area contributed by atoms with Gasteiger partial charge in [0.2, 0.25) is 0 Å². The summed E-state index contributed by atoms with van der Waals surface area (Å²) in [6, 6.07) is 9.45. The van der Waals surface area contributed by atoms with Gasteiger partial charge in [-0.1, -0.05) is 19.9 Å². The van der Waals surface area contributed by atoms with E-state index in [4.69, 9.17) is 4.74 Å². The maximum atomic E-state index is 12.6. The number of nitrogens with zero attached hydrogens (tertiary/aromatic N) is 1. The predicted molar refractivity (Wildman–Crippen MR) is 100 cm³/mol. The van der Waals surface area contributed by atoms with Gasteiger partial charge in [-0.2, -0.15) is 5.26 Å². The van der Waals surface area contributed by atoms with Crippen molar-refractivity contribution in [1.29, 1.82) is 5.26 Å². The summed E-state index contributed by atoms with van der Waals surface area (Å²) in [5.74, 6) is 0.908. The fraction of sp³-hybridized carbons (Fsp3) is 0.400. The fourth-order valence-corrected chi connectivity index (χ4v) is 4.17. The second-order valence-electron chi connectivity index (χ2n) is 6.71. The van der Waals surface area contributed by atoms with Crippen molar-refractivity contribution in [3.63, 3.8) is 0 Å². The maximum absolute atomic E-state index is 12.6. The first-order chi connectivity index (χ1) is 12.1. The molecule has 25 heavy (non-hydrogen) atoms. The molecule has 4 nitrogen and oxygen atoms in total. The Morgan fingerprint density at radius 2 is 2.16 bits per heavy atom. The van der Waals surface area contributed by atoms with Gasteiger partial charge in [-0.25, -0.2) is 0 Å². The minimum atomic E-state index is -0.204. The van der Waals surface area contributed by atoms with Crippen LogP contribution in [0.1, 0.15) is 53.1 Å². The number of ether oxygens (including phenoxy) is 1. The van der Waals surface area contributed by atoms with E-state index in [1.165, 1.54) is 4.88 Å². The number of fused-ring (bicyclic) bond motifs is 1. The molecule has 1 amide bonds. The molecule has 1 aromatic heterocycles. The van der Waals surface area contributed by atoms with Crippen LogP contribution in [0.4, 0.5) is 5.00 Å². The average molecular weight is 354 g/mol. The number of nitrogens with one attached hydrogen (secondary N) is 1. The second kappa shape index (κ2) is 7.71. The molecule has 0 atom stereocenters. The molecule has 0 saturated heterocycles. The third-order valence-electron chi connectivity index (χ3n) is 4.19. The Balaban J connectivity index is 1.78. The molecule has 0 spiro atoms. The lowest BCUT2D eigenvalue weighted by Gasteiger charge is -2.10. The van der Waals surface area contributed by atoms with Crippen molar-refractivity contribution in [2.75, 3.05) is 11.9 Å². The lowest BCUT2D eigenvalue weighted by molar-refractivity contribution is 0.102. The first kappa shape index (κ1) is 17.5. The summed E-state index contributed by atoms with van der Waals surface area (Å²) < 4.78 is 5.69. The van der Waals surface area contributed by atoms with Crippen molar-refractivity contribution in [2.24, 2.45) is 5.92 Å². The molecule has 1 aromatic carbocycles. The molecule has 1 aliphatic carbocycles. The lowest BCUT2D eigenvalue weighted by Crippen LogP contribution is -2.12. The number of aryl methyl sites for hydroxylation is 1. The zero-order valence-electron chi connectivity index (χ0n) is 14.6. The number of thiophene rings is 1. The Labute approximate surface area is 152 Å². The SMILES string of the molecule is CC(C)COc1cccc(C(=O)Nc2sc3c(c2C#N)CCCC3)c1. The second-order valence-corrected chi connectivity index (χ2v) is 7.82. The summed E-state index contributed by atoms with van der Waals surface area (Å²) in [6.45, 7) is 4.78. The molecule has 1 heterocycles. The molecule has 1 aliphatic rings. The van der Waals surface area contributed by atoms with Crippen LogP contribution in [0.25, 0.3) is 0 Å². The van der Waals surface area contributed by atoms with Crippen molar-refractivity contribution in [2.45, 2.75) is 39.5 Å². The molecule has 0 radical (unpaired) electrons. The van der Waals surface area contributed by atoms with E-state index in [0.29, 0.717) is 34.4 Å². The van der Waals surface area contributed by atoms with Gasteiger partial charge >= 0.3 is 0 Å². The number of amides is 1. The van der Waals surface area contributed by atoms with Gasteiger partial charge in [0.25, 0.3) is 5.91 Å². The van der Waals surface area contributed by atoms with Crippen LogP contribution in [0.2, 0.25) is 0 Å². The van der Waals surface area contributed by atoms with Crippen molar-refractivity contribution in [1.82, 2.24) is 0 Å². The third-order valence-corrected chi connectivity index (χ3v) is 5.40. The molecular weight excluding hydrogens is 332 g/mol. The smallest absolute Gasteiger partial charge is 0.256 e. The van der Waals surface area contributed by atoms with Crippen molar-refractivity contribution < 1.29 is 9.53 Å². The highest BCUT2D eigenvalue weighted by molar-refractivity contribution is 7.16. The Bertz CT molecular complexity index is 818. The van der Waals surface area contributed by atoms with Crippen molar-refractivity contribution in [3.05, 3.63) is 45.8 Å². The topological polar surface area (TPSA) is 62.1 Å². The first-order valence-corrected chi connectivity index (χ1v) is 9.49. The van der Waals surface area contributed by atoms with Gasteiger partial charge in [-0.15, -0.1) is 11.3 Å². The molecule has 3 rings (SSSR count). The van der Waals surface area contributed by atoms with Gasteiger partial charge in [-0.3, -0.25) is 4.79 Å². The summed E-state index contributed by atoms with van der Waals surface area (Å²) in [6.07, 6.45) is 4.20. The summed E-state index contributed by atoms with van der Waals surface area (Å²) in [5, 5.41) is 13.1. The number of rotatable bonds is 5. The van der Waals surface area contributed by atoms with Gasteiger partial charge in [0.05, 0.1) is 12.2 Å². The van der Waals surface area contributed by atoms with Crippen LogP contribution in [0.15, 0.2) is 24.3 Å². The van der Waals surface area contributed by atoms with Crippen molar-refractivity contribution in [3.8, 4) is 11.8 Å². The summed E-state index contributed by atoms with van der Waals surface area (Å²) in [5.41, 5.74) is 2.31. The van der Waals surface area contributed by atoms with E-state index >= 15 is 0 Å². The molecule has 130 valence electrons. The van der Waals surface area contributed by atoms with E-state index < -0.39 is 0 Å². The quantitative estimate of drug-likeness (QED) is 0.840. The van der Waals surface area contributed by atoms with E-state index in [1.54, 1.807) is 23.5 Å². The molecule has 0 bridgehead atoms. The zero-order chi connectivity index (χ0) is 17.8. The van der Waals surface area contributed by atoms with Gasteiger partial charge in [0.1, 0.15) is 16.8 Å². The predicted octanol–water partition coefficient (Wildman–Crippen LogP) is 4.79. The Hall–Kier alpha value is -2.32. The van der Waals surface area contributed by atoms with Crippen LogP contribution in [-0.4, -0.2) is 12.5 Å². The number of hydrogen-bond acceptors (Lipinski definition) is 4. The normalized spacial score (nSPS) is 13.2. The molecule has 2 aromatic rings. The first-order valence-electron chi connectivity index (χ1n) is 8.67. The minimum absolute atomic E-state index is 0.204. The monoisotopic (exact) mass is 354 g/mol. The van der Waals surface area contributed by atoms with Gasteiger partial charge in [0, 0.05) is 10.4 Å². The molecule has 0 aliphatic heterocycles. The zero-order valence-corrected chi connectivity index (χ0v) is 15.4. The molecule has 0 fully saturated rings. The number of benzene rings is 1. The Morgan fingerprint density at radius 1 is 1.36 bits per heavy atom. The van der Waals surface area contributed by atoms with Crippen LogP contribution >= 0.6 is 11.3 Å². The van der Waals surface area contributed by atoms with Gasteiger partial charge < -0.3 is 10.1 Å². The molecule has 5 heteroatoms. The average Bonchev–Trinajstić information content (AvgIpc) is 2.97. The molecule has 0 saturated carbocycles. The molecular formula is C20H22N2O2S. The summed E-state index contributed by atoms with van der Waals surface area (Å²) >= 11 is 1.54. The highest BCUT2D eigenvalue weighted by Crippen LogP contribution is 2.37. The molecule has 0 unspecified atom stereocenters. The number of carbonyl (C=O) groups excluding carboxylic acids is 1. The van der Waals surface area contributed by atoms with Crippen LogP contribution in [0, 0.1) is 17.2 Å².